The van der Waals surface area contributed by atoms with Gasteiger partial charge in [0.1, 0.15) is 0 Å². The van der Waals surface area contributed by atoms with E-state index in [0.29, 0.717) is 19.8 Å². The Bertz CT molecular complexity index is 188. The standard InChI is InChI=1S/C8H17NO3S/c1-6(13(2)11)3-9-7-4-12-5-8(7)10/h6-10H,3-5H2,1-2H3. The third-order valence-electron chi connectivity index (χ3n) is 2.28. The molecule has 4 atom stereocenters. The van der Waals surface area contributed by atoms with Crippen LogP contribution in [-0.4, -0.2) is 52.7 Å². The molecule has 5 heteroatoms. The Morgan fingerprint density at radius 3 is 2.85 bits per heavy atom. The van der Waals surface area contributed by atoms with Gasteiger partial charge in [-0.2, -0.15) is 0 Å². The number of ether oxygens (including phenoxy) is 1. The Balaban J connectivity index is 2.22. The predicted octanol–water partition coefficient (Wildman–Crippen LogP) is -0.897. The summed E-state index contributed by atoms with van der Waals surface area (Å²) in [4.78, 5) is 0. The highest BCUT2D eigenvalue weighted by atomic mass is 32.2. The van der Waals surface area contributed by atoms with E-state index in [1.54, 1.807) is 6.26 Å². The molecule has 0 aromatic carbocycles. The van der Waals surface area contributed by atoms with E-state index < -0.39 is 16.9 Å². The summed E-state index contributed by atoms with van der Waals surface area (Å²) < 4.78 is 16.1. The fourth-order valence-corrected chi connectivity index (χ4v) is 1.50. The highest BCUT2D eigenvalue weighted by Crippen LogP contribution is 2.05. The van der Waals surface area contributed by atoms with E-state index in [-0.39, 0.29) is 11.3 Å². The highest BCUT2D eigenvalue weighted by Gasteiger charge is 2.25. The summed E-state index contributed by atoms with van der Waals surface area (Å²) in [6, 6.07) is 0.00556. The van der Waals surface area contributed by atoms with Crippen LogP contribution in [0.15, 0.2) is 0 Å². The summed E-state index contributed by atoms with van der Waals surface area (Å²) >= 11 is 0. The van der Waals surface area contributed by atoms with Crippen LogP contribution in [0, 0.1) is 0 Å². The summed E-state index contributed by atoms with van der Waals surface area (Å²) in [5.74, 6) is 0. The quantitative estimate of drug-likeness (QED) is 0.627. The Morgan fingerprint density at radius 1 is 1.69 bits per heavy atom. The molecule has 1 aliphatic rings. The van der Waals surface area contributed by atoms with Crippen molar-refractivity contribution in [2.45, 2.75) is 24.3 Å². The zero-order valence-corrected chi connectivity index (χ0v) is 8.84. The summed E-state index contributed by atoms with van der Waals surface area (Å²) in [5, 5.41) is 12.6. The van der Waals surface area contributed by atoms with Crippen molar-refractivity contribution in [3.05, 3.63) is 0 Å². The molecule has 0 amide bonds. The molecule has 78 valence electrons. The second-order valence-corrected chi connectivity index (χ2v) is 5.23. The lowest BCUT2D eigenvalue weighted by Gasteiger charge is -2.16. The molecule has 0 spiro atoms. The van der Waals surface area contributed by atoms with Gasteiger partial charge in [-0.3, -0.25) is 4.21 Å². The Labute approximate surface area is 81.1 Å². The van der Waals surface area contributed by atoms with Crippen molar-refractivity contribution in [2.24, 2.45) is 0 Å². The molecular weight excluding hydrogens is 190 g/mol. The summed E-state index contributed by atoms with van der Waals surface area (Å²) in [6.45, 7) is 3.53. The van der Waals surface area contributed by atoms with Gasteiger partial charge in [-0.1, -0.05) is 0 Å². The lowest BCUT2D eigenvalue weighted by Crippen LogP contribution is -2.42. The van der Waals surface area contributed by atoms with Gasteiger partial charge in [0.2, 0.25) is 0 Å². The van der Waals surface area contributed by atoms with Crippen molar-refractivity contribution >= 4 is 10.8 Å². The van der Waals surface area contributed by atoms with E-state index in [4.69, 9.17) is 4.74 Å². The minimum Gasteiger partial charge on any atom is -0.389 e. The molecule has 4 unspecified atom stereocenters. The molecule has 0 saturated carbocycles. The van der Waals surface area contributed by atoms with Crippen molar-refractivity contribution in [3.8, 4) is 0 Å². The number of aliphatic hydroxyl groups excluding tert-OH is 1. The molecule has 2 N–H and O–H groups in total. The van der Waals surface area contributed by atoms with E-state index in [9.17, 15) is 9.32 Å². The average Bonchev–Trinajstić information content (AvgIpc) is 2.47. The van der Waals surface area contributed by atoms with Gasteiger partial charge >= 0.3 is 0 Å². The SMILES string of the molecule is CC(CNC1COCC1O)S(C)=O. The van der Waals surface area contributed by atoms with Gasteiger partial charge < -0.3 is 15.2 Å². The van der Waals surface area contributed by atoms with Gasteiger partial charge in [0.25, 0.3) is 0 Å². The molecular formula is C8H17NO3S. The Morgan fingerprint density at radius 2 is 2.38 bits per heavy atom. The lowest BCUT2D eigenvalue weighted by atomic mass is 10.2. The number of rotatable bonds is 4. The van der Waals surface area contributed by atoms with E-state index in [1.807, 2.05) is 6.92 Å². The molecule has 1 saturated heterocycles. The van der Waals surface area contributed by atoms with E-state index in [2.05, 4.69) is 5.32 Å². The van der Waals surface area contributed by atoms with Crippen LogP contribution in [0.4, 0.5) is 0 Å². The molecule has 0 bridgehead atoms. The monoisotopic (exact) mass is 207 g/mol. The predicted molar refractivity (Wildman–Crippen MR) is 52.1 cm³/mol. The third-order valence-corrected chi connectivity index (χ3v) is 3.58. The maximum Gasteiger partial charge on any atom is 0.0948 e. The summed E-state index contributed by atoms with van der Waals surface area (Å²) in [7, 11) is -0.806. The number of nitrogens with one attached hydrogen (secondary N) is 1. The lowest BCUT2D eigenvalue weighted by molar-refractivity contribution is 0.122. The molecule has 1 fully saturated rings. The molecule has 0 aromatic rings. The first kappa shape index (κ1) is 11.1. The smallest absolute Gasteiger partial charge is 0.0948 e. The van der Waals surface area contributed by atoms with Crippen LogP contribution in [0.5, 0.6) is 0 Å². The second kappa shape index (κ2) is 5.05. The summed E-state index contributed by atoms with van der Waals surface area (Å²) in [6.07, 6.45) is 1.27. The van der Waals surface area contributed by atoms with Crippen LogP contribution in [-0.2, 0) is 15.5 Å². The Hall–Kier alpha value is 0.0300. The maximum atomic E-state index is 11.0. The van der Waals surface area contributed by atoms with Gasteiger partial charge in [0, 0.05) is 28.9 Å². The highest BCUT2D eigenvalue weighted by molar-refractivity contribution is 7.84. The topological polar surface area (TPSA) is 58.6 Å². The van der Waals surface area contributed by atoms with Crippen molar-refractivity contribution in [2.75, 3.05) is 26.0 Å². The van der Waals surface area contributed by atoms with Gasteiger partial charge in [-0.25, -0.2) is 0 Å². The fourth-order valence-electron chi connectivity index (χ4n) is 1.17. The van der Waals surface area contributed by atoms with Gasteiger partial charge in [0.05, 0.1) is 25.4 Å². The first-order valence-corrected chi connectivity index (χ1v) is 6.05. The molecule has 1 rings (SSSR count). The Kier molecular flexibility index (Phi) is 4.31. The number of hydrogen-bond acceptors (Lipinski definition) is 4. The molecule has 13 heavy (non-hydrogen) atoms. The molecule has 1 heterocycles. The van der Waals surface area contributed by atoms with Crippen molar-refractivity contribution in [1.82, 2.24) is 5.32 Å². The van der Waals surface area contributed by atoms with Crippen molar-refractivity contribution in [1.29, 1.82) is 0 Å². The van der Waals surface area contributed by atoms with Crippen LogP contribution in [0.2, 0.25) is 0 Å². The fraction of sp³-hybridized carbons (Fsp3) is 1.00. The zero-order chi connectivity index (χ0) is 9.84. The summed E-state index contributed by atoms with van der Waals surface area (Å²) in [5.41, 5.74) is 0. The van der Waals surface area contributed by atoms with Gasteiger partial charge in [-0.05, 0) is 6.92 Å². The van der Waals surface area contributed by atoms with Crippen molar-refractivity contribution < 1.29 is 14.1 Å². The number of aliphatic hydroxyl groups is 1. The molecule has 0 aromatic heterocycles. The number of hydrogen-bond donors (Lipinski definition) is 2. The van der Waals surface area contributed by atoms with Gasteiger partial charge in [-0.15, -0.1) is 0 Å². The first-order valence-electron chi connectivity index (χ1n) is 4.42. The molecule has 1 aliphatic heterocycles. The van der Waals surface area contributed by atoms with Crippen LogP contribution in [0.1, 0.15) is 6.92 Å². The second-order valence-electron chi connectivity index (χ2n) is 3.43. The van der Waals surface area contributed by atoms with Crippen LogP contribution < -0.4 is 5.32 Å². The van der Waals surface area contributed by atoms with E-state index >= 15 is 0 Å². The largest absolute Gasteiger partial charge is 0.389 e. The molecule has 0 aliphatic carbocycles. The minimum atomic E-state index is -0.806. The van der Waals surface area contributed by atoms with Crippen LogP contribution in [0.25, 0.3) is 0 Å². The molecule has 0 radical (unpaired) electrons. The van der Waals surface area contributed by atoms with Crippen molar-refractivity contribution in [3.63, 3.8) is 0 Å². The maximum absolute atomic E-state index is 11.0. The molecule has 4 nitrogen and oxygen atoms in total. The minimum absolute atomic E-state index is 0.00556. The third kappa shape index (κ3) is 3.34. The van der Waals surface area contributed by atoms with E-state index in [1.165, 1.54) is 0 Å². The van der Waals surface area contributed by atoms with E-state index in [0.717, 1.165) is 0 Å². The van der Waals surface area contributed by atoms with Crippen LogP contribution >= 0.6 is 0 Å². The normalized spacial score (nSPS) is 33.2. The first-order chi connectivity index (χ1) is 6.11. The average molecular weight is 207 g/mol. The van der Waals surface area contributed by atoms with Crippen LogP contribution in [0.3, 0.4) is 0 Å². The van der Waals surface area contributed by atoms with Gasteiger partial charge in [0.15, 0.2) is 0 Å². The zero-order valence-electron chi connectivity index (χ0n) is 8.03.